The van der Waals surface area contributed by atoms with Gasteiger partial charge < -0.3 is 15.1 Å². The lowest BCUT2D eigenvalue weighted by Crippen LogP contribution is -2.15. The molecule has 20 heavy (non-hydrogen) atoms. The molecule has 1 saturated carbocycles. The second kappa shape index (κ2) is 5.54. The topological polar surface area (TPSA) is 63.0 Å². The van der Waals surface area contributed by atoms with Crippen molar-refractivity contribution < 1.29 is 13.2 Å². The predicted molar refractivity (Wildman–Crippen MR) is 67.8 cm³/mol. The van der Waals surface area contributed by atoms with Gasteiger partial charge in [0.1, 0.15) is 0 Å². The van der Waals surface area contributed by atoms with Gasteiger partial charge in [0, 0.05) is 12.6 Å². The molecule has 3 rings (SSSR count). The van der Waals surface area contributed by atoms with Gasteiger partial charge in [-0.25, -0.2) is 8.78 Å². The summed E-state index contributed by atoms with van der Waals surface area (Å²) >= 11 is 0. The fourth-order valence-electron chi connectivity index (χ4n) is 1.74. The molecule has 5 nitrogen and oxygen atoms in total. The average Bonchev–Trinajstić information content (AvgIpc) is 3.16. The Morgan fingerprint density at radius 2 is 2.00 bits per heavy atom. The van der Waals surface area contributed by atoms with Crippen LogP contribution in [0.25, 0.3) is 0 Å². The molecule has 0 amide bonds. The largest absolute Gasteiger partial charge is 0.407 e. The molecule has 1 fully saturated rings. The molecular weight excluding hydrogens is 266 g/mol. The molecule has 0 saturated heterocycles. The van der Waals surface area contributed by atoms with E-state index in [0.717, 1.165) is 12.1 Å². The summed E-state index contributed by atoms with van der Waals surface area (Å²) in [6.07, 6.45) is 2.38. The second-order valence-electron chi connectivity index (χ2n) is 4.76. The highest BCUT2D eigenvalue weighted by atomic mass is 19.2. The van der Waals surface area contributed by atoms with E-state index in [1.165, 1.54) is 18.9 Å². The van der Waals surface area contributed by atoms with Gasteiger partial charge in [-0.05, 0) is 30.5 Å². The molecule has 1 aromatic carbocycles. The number of aromatic nitrogens is 2. The first kappa shape index (κ1) is 13.0. The number of benzene rings is 1. The molecule has 0 atom stereocenters. The Bertz CT molecular complexity index is 598. The van der Waals surface area contributed by atoms with E-state index in [1.807, 2.05) is 0 Å². The summed E-state index contributed by atoms with van der Waals surface area (Å²) in [5, 5.41) is 13.9. The molecule has 2 aromatic rings. The van der Waals surface area contributed by atoms with Gasteiger partial charge in [-0.3, -0.25) is 0 Å². The predicted octanol–water partition coefficient (Wildman–Crippen LogP) is 2.21. The van der Waals surface area contributed by atoms with Crippen molar-refractivity contribution in [2.45, 2.75) is 32.0 Å². The van der Waals surface area contributed by atoms with Gasteiger partial charge in [-0.1, -0.05) is 11.2 Å². The number of hydrogen-bond acceptors (Lipinski definition) is 5. The third-order valence-corrected chi connectivity index (χ3v) is 3.01. The Morgan fingerprint density at radius 3 is 2.75 bits per heavy atom. The molecule has 0 bridgehead atoms. The van der Waals surface area contributed by atoms with E-state index in [4.69, 9.17) is 4.42 Å². The minimum absolute atomic E-state index is 0.266. The average molecular weight is 280 g/mol. The van der Waals surface area contributed by atoms with Crippen molar-refractivity contribution in [2.24, 2.45) is 0 Å². The Labute approximate surface area is 114 Å². The third kappa shape index (κ3) is 3.30. The van der Waals surface area contributed by atoms with E-state index >= 15 is 0 Å². The van der Waals surface area contributed by atoms with Crippen molar-refractivity contribution in [3.8, 4) is 0 Å². The van der Waals surface area contributed by atoms with Crippen molar-refractivity contribution in [1.29, 1.82) is 0 Å². The van der Waals surface area contributed by atoms with Crippen LogP contribution in [0, 0.1) is 11.6 Å². The normalized spacial score (nSPS) is 14.5. The van der Waals surface area contributed by atoms with Gasteiger partial charge in [0.2, 0.25) is 5.89 Å². The van der Waals surface area contributed by atoms with Crippen LogP contribution in [-0.4, -0.2) is 16.2 Å². The number of hydrogen-bond donors (Lipinski definition) is 2. The summed E-state index contributed by atoms with van der Waals surface area (Å²) in [5.41, 5.74) is 0.597. The van der Waals surface area contributed by atoms with Gasteiger partial charge in [-0.15, -0.1) is 5.10 Å². The quantitative estimate of drug-likeness (QED) is 0.849. The number of nitrogens with one attached hydrogen (secondary N) is 2. The van der Waals surface area contributed by atoms with Gasteiger partial charge in [0.25, 0.3) is 0 Å². The van der Waals surface area contributed by atoms with Crippen LogP contribution < -0.4 is 10.6 Å². The second-order valence-corrected chi connectivity index (χ2v) is 4.76. The molecule has 0 radical (unpaired) electrons. The zero-order valence-corrected chi connectivity index (χ0v) is 10.7. The maximum Gasteiger partial charge on any atom is 0.315 e. The number of nitrogens with zero attached hydrogens (tertiary/aromatic N) is 2. The smallest absolute Gasteiger partial charge is 0.315 e. The Morgan fingerprint density at radius 1 is 1.15 bits per heavy atom. The van der Waals surface area contributed by atoms with Crippen LogP contribution in [0.2, 0.25) is 0 Å². The third-order valence-electron chi connectivity index (χ3n) is 3.01. The minimum Gasteiger partial charge on any atom is -0.407 e. The first-order valence-electron chi connectivity index (χ1n) is 6.44. The summed E-state index contributed by atoms with van der Waals surface area (Å²) < 4.78 is 31.2. The maximum absolute atomic E-state index is 13.0. The molecule has 0 spiro atoms. The maximum atomic E-state index is 13.0. The molecule has 1 aromatic heterocycles. The highest BCUT2D eigenvalue weighted by Gasteiger charge is 2.21. The van der Waals surface area contributed by atoms with Gasteiger partial charge in [-0.2, -0.15) is 0 Å². The minimum atomic E-state index is -0.871. The van der Waals surface area contributed by atoms with E-state index < -0.39 is 11.6 Å². The molecule has 1 aliphatic carbocycles. The SMILES string of the molecule is Fc1ccc(CNc2nnc(CNC3CC3)o2)cc1F. The number of rotatable bonds is 6. The molecule has 1 heterocycles. The van der Waals surface area contributed by atoms with Crippen molar-refractivity contribution in [3.63, 3.8) is 0 Å². The van der Waals surface area contributed by atoms with Crippen LogP contribution in [0.3, 0.4) is 0 Å². The van der Waals surface area contributed by atoms with Crippen LogP contribution in [0.4, 0.5) is 14.8 Å². The van der Waals surface area contributed by atoms with Crippen molar-refractivity contribution in [3.05, 3.63) is 41.3 Å². The van der Waals surface area contributed by atoms with Gasteiger partial charge >= 0.3 is 6.01 Å². The van der Waals surface area contributed by atoms with E-state index in [-0.39, 0.29) is 12.6 Å². The zero-order chi connectivity index (χ0) is 13.9. The lowest BCUT2D eigenvalue weighted by atomic mass is 10.2. The molecule has 0 unspecified atom stereocenters. The van der Waals surface area contributed by atoms with Gasteiger partial charge in [0.05, 0.1) is 6.54 Å². The van der Waals surface area contributed by atoms with Crippen LogP contribution in [0.5, 0.6) is 0 Å². The van der Waals surface area contributed by atoms with Crippen LogP contribution in [0.1, 0.15) is 24.3 Å². The molecule has 0 aliphatic heterocycles. The highest BCUT2D eigenvalue weighted by molar-refractivity contribution is 5.24. The molecule has 1 aliphatic rings. The Hall–Kier alpha value is -2.02. The number of anilines is 1. The van der Waals surface area contributed by atoms with E-state index in [0.29, 0.717) is 24.0 Å². The highest BCUT2D eigenvalue weighted by Crippen LogP contribution is 2.19. The van der Waals surface area contributed by atoms with E-state index in [9.17, 15) is 8.78 Å². The van der Waals surface area contributed by atoms with Gasteiger partial charge in [0.15, 0.2) is 11.6 Å². The molecular formula is C13H14F2N4O. The van der Waals surface area contributed by atoms with Crippen LogP contribution >= 0.6 is 0 Å². The summed E-state index contributed by atoms with van der Waals surface area (Å²) in [6.45, 7) is 0.833. The van der Waals surface area contributed by atoms with E-state index in [1.54, 1.807) is 0 Å². The lowest BCUT2D eigenvalue weighted by molar-refractivity contribution is 0.475. The fourth-order valence-corrected chi connectivity index (χ4v) is 1.74. The van der Waals surface area contributed by atoms with Crippen molar-refractivity contribution in [2.75, 3.05) is 5.32 Å². The molecule has 2 N–H and O–H groups in total. The summed E-state index contributed by atoms with van der Waals surface area (Å²) in [5.74, 6) is -1.23. The first-order chi connectivity index (χ1) is 9.70. The van der Waals surface area contributed by atoms with Crippen molar-refractivity contribution in [1.82, 2.24) is 15.5 Å². The first-order valence-corrected chi connectivity index (χ1v) is 6.44. The Balaban J connectivity index is 1.53. The lowest BCUT2D eigenvalue weighted by Gasteiger charge is -2.02. The Kier molecular flexibility index (Phi) is 3.60. The standard InChI is InChI=1S/C13H14F2N4O/c14-10-4-1-8(5-11(10)15)6-17-13-19-18-12(20-13)7-16-9-2-3-9/h1,4-5,9,16H,2-3,6-7H2,(H,17,19). The summed E-state index contributed by atoms with van der Waals surface area (Å²) in [6, 6.07) is 4.55. The molecule has 106 valence electrons. The zero-order valence-electron chi connectivity index (χ0n) is 10.7. The molecule has 7 heteroatoms. The monoisotopic (exact) mass is 280 g/mol. The van der Waals surface area contributed by atoms with E-state index in [2.05, 4.69) is 20.8 Å². The summed E-state index contributed by atoms with van der Waals surface area (Å²) in [4.78, 5) is 0. The fraction of sp³-hybridized carbons (Fsp3) is 0.385. The van der Waals surface area contributed by atoms with Crippen molar-refractivity contribution >= 4 is 6.01 Å². The number of halogens is 2. The van der Waals surface area contributed by atoms with Crippen LogP contribution in [0.15, 0.2) is 22.6 Å². The summed E-state index contributed by atoms with van der Waals surface area (Å²) in [7, 11) is 0. The van der Waals surface area contributed by atoms with Crippen LogP contribution in [-0.2, 0) is 13.1 Å².